The number of rotatable bonds is 10. The molecule has 1 heterocycles. The van der Waals surface area contributed by atoms with Crippen LogP contribution in [0.3, 0.4) is 0 Å². The number of pyridine rings is 1. The smallest absolute Gasteiger partial charge is 0.461 e. The molecule has 12 heteroatoms. The number of benzene rings is 2. The topological polar surface area (TPSA) is 77.8 Å². The van der Waals surface area contributed by atoms with Crippen LogP contribution in [0.1, 0.15) is 21.6 Å². The van der Waals surface area contributed by atoms with Gasteiger partial charge in [-0.15, -0.1) is 0 Å². The number of carboxylic acids is 1. The van der Waals surface area contributed by atoms with Gasteiger partial charge in [0, 0.05) is 12.6 Å². The zero-order valence-corrected chi connectivity index (χ0v) is 19.2. The van der Waals surface area contributed by atoms with E-state index in [1.807, 2.05) is 0 Å². The van der Waals surface area contributed by atoms with Gasteiger partial charge in [0.2, 0.25) is 0 Å². The molecule has 0 unspecified atom stereocenters. The quantitative estimate of drug-likeness (QED) is 0.328. The molecule has 0 saturated heterocycles. The molecule has 35 heavy (non-hydrogen) atoms. The van der Waals surface area contributed by atoms with Gasteiger partial charge in [-0.05, 0) is 42.3 Å². The number of aromatic carboxylic acids is 1. The minimum absolute atomic E-state index is 0.00171. The maximum atomic E-state index is 13.2. The van der Waals surface area contributed by atoms with Crippen molar-refractivity contribution in [1.82, 2.24) is 4.57 Å². The van der Waals surface area contributed by atoms with Crippen LogP contribution in [0.4, 0.5) is 17.6 Å². The van der Waals surface area contributed by atoms with Crippen LogP contribution in [-0.4, -0.2) is 28.2 Å². The van der Waals surface area contributed by atoms with Gasteiger partial charge < -0.3 is 19.1 Å². The van der Waals surface area contributed by atoms with Crippen molar-refractivity contribution in [2.45, 2.75) is 32.1 Å². The molecule has 2 aromatic carbocycles. The minimum Gasteiger partial charge on any atom is -0.487 e. The Balaban J connectivity index is 1.79. The third kappa shape index (κ3) is 6.67. The van der Waals surface area contributed by atoms with E-state index < -0.39 is 29.8 Å². The second kappa shape index (κ2) is 11.0. The van der Waals surface area contributed by atoms with Gasteiger partial charge in [-0.1, -0.05) is 41.4 Å². The van der Waals surface area contributed by atoms with Gasteiger partial charge in [0.1, 0.15) is 23.1 Å². The summed E-state index contributed by atoms with van der Waals surface area (Å²) >= 11 is 12.2. The molecule has 1 N–H and O–H groups in total. The van der Waals surface area contributed by atoms with Gasteiger partial charge in [-0.25, -0.2) is 4.79 Å². The number of hydrogen-bond donors (Lipinski definition) is 1. The molecule has 0 amide bonds. The van der Waals surface area contributed by atoms with Crippen molar-refractivity contribution in [2.75, 3.05) is 0 Å². The highest BCUT2D eigenvalue weighted by Crippen LogP contribution is 2.30. The third-order valence-corrected chi connectivity index (χ3v) is 5.42. The molecule has 3 rings (SSSR count). The van der Waals surface area contributed by atoms with E-state index in [2.05, 4.69) is 4.74 Å². The van der Waals surface area contributed by atoms with Crippen molar-refractivity contribution in [3.05, 3.63) is 91.8 Å². The first-order valence-electron chi connectivity index (χ1n) is 9.95. The van der Waals surface area contributed by atoms with Crippen molar-refractivity contribution >= 4 is 29.2 Å². The monoisotopic (exact) mass is 533 g/mol. The highest BCUT2D eigenvalue weighted by atomic mass is 35.5. The van der Waals surface area contributed by atoms with Gasteiger partial charge in [-0.2, -0.15) is 17.6 Å². The summed E-state index contributed by atoms with van der Waals surface area (Å²) in [6.45, 7) is -0.161. The Labute approximate surface area is 206 Å². The normalized spacial score (nSPS) is 11.5. The number of ether oxygens (including phenoxy) is 2. The van der Waals surface area contributed by atoms with Crippen LogP contribution in [0.2, 0.25) is 10.0 Å². The Kier molecular flexibility index (Phi) is 8.29. The lowest BCUT2D eigenvalue weighted by Gasteiger charge is -2.18. The predicted molar refractivity (Wildman–Crippen MR) is 120 cm³/mol. The summed E-state index contributed by atoms with van der Waals surface area (Å²) in [7, 11) is 0. The molecule has 3 aromatic rings. The van der Waals surface area contributed by atoms with E-state index in [-0.39, 0.29) is 40.2 Å². The number of halogens is 6. The average molecular weight is 534 g/mol. The molecule has 0 aliphatic rings. The fourth-order valence-electron chi connectivity index (χ4n) is 3.06. The first-order chi connectivity index (χ1) is 16.5. The molecule has 0 atom stereocenters. The summed E-state index contributed by atoms with van der Waals surface area (Å²) in [6, 6.07) is 12.0. The van der Waals surface area contributed by atoms with Gasteiger partial charge in [0.15, 0.2) is 0 Å². The Morgan fingerprint density at radius 2 is 1.69 bits per heavy atom. The largest absolute Gasteiger partial charge is 0.487 e. The number of carbonyl (C=O) groups is 1. The summed E-state index contributed by atoms with van der Waals surface area (Å²) in [6.07, 6.45) is -8.37. The maximum absolute atomic E-state index is 13.2. The maximum Gasteiger partial charge on any atom is 0.461 e. The summed E-state index contributed by atoms with van der Waals surface area (Å²) in [5.41, 5.74) is 0.538. The summed E-state index contributed by atoms with van der Waals surface area (Å²) < 4.78 is 62.0. The number of aryl methyl sites for hydroxylation is 1. The van der Waals surface area contributed by atoms with Gasteiger partial charge >= 0.3 is 18.5 Å². The van der Waals surface area contributed by atoms with Crippen LogP contribution >= 0.6 is 23.2 Å². The molecule has 1 aromatic heterocycles. The highest BCUT2D eigenvalue weighted by molar-refractivity contribution is 6.34. The summed E-state index contributed by atoms with van der Waals surface area (Å²) in [5, 5.41) is 8.97. The zero-order valence-electron chi connectivity index (χ0n) is 17.7. The van der Waals surface area contributed by atoms with Crippen LogP contribution in [0.15, 0.2) is 59.4 Å². The van der Waals surface area contributed by atoms with E-state index >= 15 is 0 Å². The standard InChI is InChI=1S/C23H17Cl2F4NO5/c24-17-11-18(25)20(31)30(9-8-13-4-6-14(7-5-13)21(32)33)19(17)12-34-15-2-1-3-16(10-15)35-23(28,29)22(26)27/h1-7,10-11,22H,8-9,12H2,(H,32,33). The Morgan fingerprint density at radius 1 is 1.03 bits per heavy atom. The average Bonchev–Trinajstić information content (AvgIpc) is 2.80. The molecule has 0 saturated carbocycles. The van der Waals surface area contributed by atoms with Gasteiger partial charge in [0.25, 0.3) is 5.56 Å². The van der Waals surface area contributed by atoms with E-state index in [1.165, 1.54) is 34.9 Å². The molecular weight excluding hydrogens is 517 g/mol. The van der Waals surface area contributed by atoms with E-state index in [0.29, 0.717) is 6.42 Å². The number of aromatic nitrogens is 1. The van der Waals surface area contributed by atoms with Crippen LogP contribution in [-0.2, 0) is 19.6 Å². The first-order valence-corrected chi connectivity index (χ1v) is 10.7. The Bertz CT molecular complexity index is 1270. The lowest BCUT2D eigenvalue weighted by atomic mass is 10.1. The van der Waals surface area contributed by atoms with Crippen molar-refractivity contribution in [1.29, 1.82) is 0 Å². The van der Waals surface area contributed by atoms with E-state index in [0.717, 1.165) is 17.7 Å². The first kappa shape index (κ1) is 26.4. The molecule has 0 aliphatic carbocycles. The second-order valence-electron chi connectivity index (χ2n) is 7.22. The molecule has 6 nitrogen and oxygen atoms in total. The van der Waals surface area contributed by atoms with Crippen molar-refractivity contribution < 1.29 is 36.9 Å². The number of nitrogens with zero attached hydrogens (tertiary/aromatic N) is 1. The summed E-state index contributed by atoms with van der Waals surface area (Å²) in [4.78, 5) is 23.7. The number of carboxylic acid groups (broad SMARTS) is 1. The van der Waals surface area contributed by atoms with Crippen molar-refractivity contribution in [2.24, 2.45) is 0 Å². The third-order valence-electron chi connectivity index (χ3n) is 4.82. The fraction of sp³-hybridized carbons (Fsp3) is 0.217. The van der Waals surface area contributed by atoms with Crippen LogP contribution in [0.5, 0.6) is 11.5 Å². The summed E-state index contributed by atoms with van der Waals surface area (Å²) in [5.74, 6) is -1.61. The lowest BCUT2D eigenvalue weighted by Crippen LogP contribution is -2.33. The van der Waals surface area contributed by atoms with Crippen molar-refractivity contribution in [3.63, 3.8) is 0 Å². The van der Waals surface area contributed by atoms with Gasteiger partial charge in [-0.3, -0.25) is 4.79 Å². The number of hydrogen-bond acceptors (Lipinski definition) is 4. The second-order valence-corrected chi connectivity index (χ2v) is 8.04. The van der Waals surface area contributed by atoms with E-state index in [1.54, 1.807) is 12.1 Å². The molecule has 0 aliphatic heterocycles. The molecule has 0 spiro atoms. The Hall–Kier alpha value is -3.24. The van der Waals surface area contributed by atoms with Crippen LogP contribution in [0.25, 0.3) is 0 Å². The van der Waals surface area contributed by atoms with Crippen LogP contribution in [0, 0.1) is 0 Å². The Morgan fingerprint density at radius 3 is 2.31 bits per heavy atom. The highest BCUT2D eigenvalue weighted by Gasteiger charge is 2.44. The minimum atomic E-state index is -4.68. The predicted octanol–water partition coefficient (Wildman–Crippen LogP) is 5.91. The lowest BCUT2D eigenvalue weighted by molar-refractivity contribution is -0.253. The van der Waals surface area contributed by atoms with Crippen LogP contribution < -0.4 is 15.0 Å². The molecule has 0 radical (unpaired) electrons. The van der Waals surface area contributed by atoms with Crippen molar-refractivity contribution in [3.8, 4) is 11.5 Å². The molecule has 0 bridgehead atoms. The van der Waals surface area contributed by atoms with E-state index in [9.17, 15) is 27.2 Å². The fourth-order valence-corrected chi connectivity index (χ4v) is 3.59. The molecular formula is C23H17Cl2F4NO5. The zero-order chi connectivity index (χ0) is 25.8. The van der Waals surface area contributed by atoms with Gasteiger partial charge in [0.05, 0.1) is 16.3 Å². The SMILES string of the molecule is O=C(O)c1ccc(CCn2c(COc3cccc(OC(F)(F)C(F)F)c3)c(Cl)cc(Cl)c2=O)cc1. The number of alkyl halides is 4. The molecule has 0 fully saturated rings. The molecule has 186 valence electrons. The van der Waals surface area contributed by atoms with E-state index in [4.69, 9.17) is 33.0 Å².